The summed E-state index contributed by atoms with van der Waals surface area (Å²) in [4.78, 5) is 5.23. The summed E-state index contributed by atoms with van der Waals surface area (Å²) >= 11 is 0. The number of nitrogens with zero attached hydrogens (tertiary/aromatic N) is 2. The fourth-order valence-corrected chi connectivity index (χ4v) is 7.91. The second-order valence-electron chi connectivity index (χ2n) is 13.4. The number of rotatable bonds is 4. The van der Waals surface area contributed by atoms with Crippen molar-refractivity contribution in [2.24, 2.45) is 0 Å². The van der Waals surface area contributed by atoms with E-state index in [1.54, 1.807) is 0 Å². The molecule has 2 heteroatoms. The molecule has 0 fully saturated rings. The Hall–Kier alpha value is -6.25. The molecular weight excluding hydrogens is 605 g/mol. The zero-order chi connectivity index (χ0) is 39.5. The highest BCUT2D eigenvalue weighted by Crippen LogP contribution is 2.51. The van der Waals surface area contributed by atoms with Crippen LogP contribution in [0.5, 0.6) is 0 Å². The predicted octanol–water partition coefficient (Wildman–Crippen LogP) is 12.6. The number of hydrogen-bond donors (Lipinski definition) is 0. The van der Waals surface area contributed by atoms with Crippen LogP contribution < -0.4 is 0 Å². The molecule has 1 heterocycles. The van der Waals surface area contributed by atoms with Gasteiger partial charge < -0.3 is 0 Å². The van der Waals surface area contributed by atoms with Crippen LogP contribution in [-0.4, -0.2) is 9.55 Å². The number of fused-ring (bicyclic) bond motifs is 6. The highest BCUT2D eigenvalue weighted by atomic mass is 15.1. The van der Waals surface area contributed by atoms with Crippen LogP contribution in [0.3, 0.4) is 0 Å². The van der Waals surface area contributed by atoms with Gasteiger partial charge in [-0.05, 0) is 96.4 Å². The molecule has 50 heavy (non-hydrogen) atoms. The molecule has 0 amide bonds. The van der Waals surface area contributed by atoms with Crippen LogP contribution in [0.4, 0.5) is 0 Å². The van der Waals surface area contributed by atoms with E-state index < -0.39 is 11.5 Å². The van der Waals surface area contributed by atoms with Crippen LogP contribution in [0.1, 0.15) is 34.6 Å². The van der Waals surface area contributed by atoms with E-state index in [-0.39, 0.29) is 47.4 Å². The third-order valence-electron chi connectivity index (χ3n) is 10.2. The van der Waals surface area contributed by atoms with Crippen LogP contribution >= 0.6 is 0 Å². The molecule has 10 rings (SSSR count). The molecular formula is C48H34N2. The van der Waals surface area contributed by atoms with Crippen LogP contribution in [-0.2, 0) is 5.41 Å². The summed E-state index contributed by atoms with van der Waals surface area (Å²) in [6.07, 6.45) is 0. The standard InChI is InChI=1S/C48H34N2/c1-48(2)41-25-13-12-18-33(41)34-29-28-31(30-42(34)48)45-35-19-6-8-21-37(35)46(38-22-9-7-20-36(38)45)39-23-10-11-24-40(39)47-49-43-26-14-15-27-44(43)50(47)32-16-4-3-5-17-32/h3-30H,1-2H3/i12D,13D,18D,25D,28D,29D,30D. The third-order valence-corrected chi connectivity index (χ3v) is 10.2. The molecule has 0 unspecified atom stereocenters. The average Bonchev–Trinajstić information content (AvgIpc) is 3.74. The maximum absolute atomic E-state index is 9.92. The first-order chi connectivity index (χ1) is 27.5. The summed E-state index contributed by atoms with van der Waals surface area (Å²) in [5.41, 5.74) is 6.91. The fraction of sp³-hybridized carbons (Fsp3) is 0.0625. The Morgan fingerprint density at radius 1 is 0.520 bits per heavy atom. The summed E-state index contributed by atoms with van der Waals surface area (Å²) in [6, 6.07) is 41.3. The molecule has 1 aliphatic carbocycles. The van der Waals surface area contributed by atoms with E-state index in [2.05, 4.69) is 47.0 Å². The van der Waals surface area contributed by atoms with E-state index in [9.17, 15) is 4.11 Å². The number of imidazole rings is 1. The Morgan fingerprint density at radius 3 is 1.84 bits per heavy atom. The Morgan fingerprint density at radius 2 is 1.10 bits per heavy atom. The van der Waals surface area contributed by atoms with Gasteiger partial charge in [0.05, 0.1) is 20.6 Å². The molecule has 1 aliphatic rings. The van der Waals surface area contributed by atoms with Gasteiger partial charge in [0.15, 0.2) is 0 Å². The molecule has 0 saturated carbocycles. The minimum Gasteiger partial charge on any atom is -0.292 e. The van der Waals surface area contributed by atoms with Crippen LogP contribution in [0, 0.1) is 0 Å². The van der Waals surface area contributed by atoms with Crippen molar-refractivity contribution in [3.8, 4) is 50.5 Å². The third kappa shape index (κ3) is 4.12. The first kappa shape index (κ1) is 22.4. The SMILES string of the molecule is [2H]c1c([2H])c([2H])c2c(c1[2H])-c1c([2H])c([2H])c(-c3c4ccccc4c(-c4ccccc4-c4nc5ccccc5n4-c4ccccc4)c4ccccc34)c([2H])c1C2(C)C. The topological polar surface area (TPSA) is 17.8 Å². The Labute approximate surface area is 301 Å². The molecule has 0 atom stereocenters. The summed E-state index contributed by atoms with van der Waals surface area (Å²) in [5.74, 6) is 0.797. The van der Waals surface area contributed by atoms with Gasteiger partial charge in [-0.3, -0.25) is 4.57 Å². The monoisotopic (exact) mass is 645 g/mol. The molecule has 0 aliphatic heterocycles. The van der Waals surface area contributed by atoms with Gasteiger partial charge in [-0.25, -0.2) is 4.98 Å². The quantitative estimate of drug-likeness (QED) is 0.174. The predicted molar refractivity (Wildman–Crippen MR) is 210 cm³/mol. The number of hydrogen-bond acceptors (Lipinski definition) is 1. The normalized spacial score (nSPS) is 15.1. The van der Waals surface area contributed by atoms with Gasteiger partial charge in [0.1, 0.15) is 5.82 Å². The molecule has 0 radical (unpaired) electrons. The zero-order valence-electron chi connectivity index (χ0n) is 34.5. The summed E-state index contributed by atoms with van der Waals surface area (Å²) < 4.78 is 65.9. The average molecular weight is 646 g/mol. The Balaban J connectivity index is 1.30. The Bertz CT molecular complexity index is 3130. The summed E-state index contributed by atoms with van der Waals surface area (Å²) in [6.45, 7) is 3.70. The van der Waals surface area contributed by atoms with Gasteiger partial charge in [0.2, 0.25) is 0 Å². The Kier molecular flexibility index (Phi) is 4.87. The van der Waals surface area contributed by atoms with Gasteiger partial charge in [-0.15, -0.1) is 0 Å². The fourth-order valence-electron chi connectivity index (χ4n) is 7.91. The van der Waals surface area contributed by atoms with Gasteiger partial charge in [0, 0.05) is 16.7 Å². The van der Waals surface area contributed by atoms with Gasteiger partial charge in [-0.2, -0.15) is 0 Å². The van der Waals surface area contributed by atoms with Crippen LogP contribution in [0.2, 0.25) is 0 Å². The lowest BCUT2D eigenvalue weighted by Gasteiger charge is -2.23. The van der Waals surface area contributed by atoms with E-state index in [4.69, 9.17) is 10.5 Å². The zero-order valence-corrected chi connectivity index (χ0v) is 27.5. The molecule has 236 valence electrons. The molecule has 1 aromatic heterocycles. The van der Waals surface area contributed by atoms with E-state index in [0.717, 1.165) is 60.8 Å². The highest BCUT2D eigenvalue weighted by Gasteiger charge is 2.35. The molecule has 0 N–H and O–H groups in total. The van der Waals surface area contributed by atoms with Crippen molar-refractivity contribution in [3.63, 3.8) is 0 Å². The van der Waals surface area contributed by atoms with Crippen molar-refractivity contribution in [1.82, 2.24) is 9.55 Å². The minimum absolute atomic E-state index is 0.0455. The van der Waals surface area contributed by atoms with Gasteiger partial charge >= 0.3 is 0 Å². The van der Waals surface area contributed by atoms with Crippen molar-refractivity contribution in [1.29, 1.82) is 0 Å². The number of benzene rings is 8. The van der Waals surface area contributed by atoms with E-state index in [1.165, 1.54) is 0 Å². The lowest BCUT2D eigenvalue weighted by atomic mass is 9.80. The van der Waals surface area contributed by atoms with Crippen molar-refractivity contribution in [2.75, 3.05) is 0 Å². The second-order valence-corrected chi connectivity index (χ2v) is 13.4. The molecule has 0 spiro atoms. The second kappa shape index (κ2) is 10.9. The highest BCUT2D eigenvalue weighted by molar-refractivity contribution is 6.22. The molecule has 0 bridgehead atoms. The number of aromatic nitrogens is 2. The van der Waals surface area contributed by atoms with Gasteiger partial charge in [0.25, 0.3) is 0 Å². The van der Waals surface area contributed by atoms with Crippen molar-refractivity contribution >= 4 is 32.6 Å². The lowest BCUT2D eigenvalue weighted by molar-refractivity contribution is 0.660. The first-order valence-corrected chi connectivity index (χ1v) is 16.8. The van der Waals surface area contributed by atoms with Crippen molar-refractivity contribution in [3.05, 3.63) is 181 Å². The first-order valence-electron chi connectivity index (χ1n) is 20.3. The smallest absolute Gasteiger partial charge is 0.146 e. The molecule has 2 nitrogen and oxygen atoms in total. The summed E-state index contributed by atoms with van der Waals surface area (Å²) in [7, 11) is 0. The van der Waals surface area contributed by atoms with Crippen molar-refractivity contribution < 1.29 is 9.60 Å². The number of para-hydroxylation sites is 3. The minimum atomic E-state index is -1.04. The molecule has 0 saturated heterocycles. The molecule has 8 aromatic carbocycles. The van der Waals surface area contributed by atoms with Crippen LogP contribution in [0.15, 0.2) is 170 Å². The summed E-state index contributed by atoms with van der Waals surface area (Å²) in [5, 5.41) is 3.45. The van der Waals surface area contributed by atoms with Crippen molar-refractivity contribution in [2.45, 2.75) is 19.3 Å². The van der Waals surface area contributed by atoms with E-state index in [0.29, 0.717) is 22.3 Å². The lowest BCUT2D eigenvalue weighted by Crippen LogP contribution is -2.14. The maximum atomic E-state index is 9.92. The van der Waals surface area contributed by atoms with Crippen LogP contribution in [0.25, 0.3) is 83.0 Å². The van der Waals surface area contributed by atoms with Gasteiger partial charge in [-0.1, -0.05) is 153 Å². The maximum Gasteiger partial charge on any atom is 0.146 e. The largest absolute Gasteiger partial charge is 0.292 e. The van der Waals surface area contributed by atoms with E-state index >= 15 is 0 Å². The molecule has 9 aromatic rings. The van der Waals surface area contributed by atoms with E-state index in [1.807, 2.05) is 98.8 Å².